The molecule has 0 radical (unpaired) electrons. The number of carbonyl (C=O) groups is 1. The van der Waals surface area contributed by atoms with Crippen LogP contribution < -0.4 is 0 Å². The Labute approximate surface area is 118 Å². The van der Waals surface area contributed by atoms with E-state index < -0.39 is 5.97 Å². The van der Waals surface area contributed by atoms with Gasteiger partial charge in [-0.15, -0.1) is 0 Å². The normalized spacial score (nSPS) is 11.7. The van der Waals surface area contributed by atoms with Gasteiger partial charge in [-0.3, -0.25) is 4.98 Å². The summed E-state index contributed by atoms with van der Waals surface area (Å²) in [5.41, 5.74) is 2.15. The molecule has 2 rings (SSSR count). The Balaban J connectivity index is 2.64. The third-order valence-corrected chi connectivity index (χ3v) is 3.15. The third-order valence-electron chi connectivity index (χ3n) is 3.15. The average molecular weight is 273 g/mol. The smallest absolute Gasteiger partial charge is 0.337 e. The lowest BCUT2D eigenvalue weighted by molar-refractivity contribution is 0.0693. The van der Waals surface area contributed by atoms with E-state index >= 15 is 0 Å². The second-order valence-corrected chi connectivity index (χ2v) is 5.97. The van der Waals surface area contributed by atoms with Gasteiger partial charge in [-0.2, -0.15) is 0 Å². The van der Waals surface area contributed by atoms with E-state index in [-0.39, 0.29) is 11.0 Å². The molecular weight excluding hydrogens is 254 g/mol. The highest BCUT2D eigenvalue weighted by Gasteiger charge is 2.24. The van der Waals surface area contributed by atoms with Crippen LogP contribution in [0.4, 0.5) is 0 Å². The van der Waals surface area contributed by atoms with Crippen molar-refractivity contribution < 1.29 is 14.3 Å². The molecule has 2 aromatic heterocycles. The van der Waals surface area contributed by atoms with Gasteiger partial charge in [0, 0.05) is 11.0 Å². The predicted molar refractivity (Wildman–Crippen MR) is 77.1 cm³/mol. The molecule has 0 bridgehead atoms. The van der Waals surface area contributed by atoms with Crippen molar-refractivity contribution in [1.82, 2.24) is 4.98 Å². The first kappa shape index (κ1) is 14.3. The van der Waals surface area contributed by atoms with E-state index in [0.29, 0.717) is 5.69 Å². The maximum Gasteiger partial charge on any atom is 0.337 e. The number of rotatable bonds is 2. The first-order valence-corrected chi connectivity index (χ1v) is 6.52. The number of carboxylic acid groups (broad SMARTS) is 1. The van der Waals surface area contributed by atoms with Crippen molar-refractivity contribution in [3.8, 4) is 11.3 Å². The summed E-state index contributed by atoms with van der Waals surface area (Å²) in [4.78, 5) is 15.9. The zero-order chi connectivity index (χ0) is 15.1. The van der Waals surface area contributed by atoms with Crippen LogP contribution in [-0.4, -0.2) is 16.1 Å². The molecule has 0 aliphatic carbocycles. The number of hydrogen-bond donors (Lipinski definition) is 1. The minimum absolute atomic E-state index is 0.249. The van der Waals surface area contributed by atoms with Gasteiger partial charge in [0.25, 0.3) is 0 Å². The highest BCUT2D eigenvalue weighted by Crippen LogP contribution is 2.30. The summed E-state index contributed by atoms with van der Waals surface area (Å²) in [5.74, 6) is 0.658. The third kappa shape index (κ3) is 2.59. The van der Waals surface area contributed by atoms with E-state index in [2.05, 4.69) is 4.98 Å². The fourth-order valence-electron chi connectivity index (χ4n) is 2.24. The molecule has 0 spiro atoms. The van der Waals surface area contributed by atoms with Crippen molar-refractivity contribution in [2.24, 2.45) is 0 Å². The van der Waals surface area contributed by atoms with Crippen LogP contribution in [-0.2, 0) is 5.41 Å². The molecule has 20 heavy (non-hydrogen) atoms. The van der Waals surface area contributed by atoms with Gasteiger partial charge >= 0.3 is 5.97 Å². The molecule has 0 unspecified atom stereocenters. The van der Waals surface area contributed by atoms with E-state index in [1.807, 2.05) is 40.7 Å². The second kappa shape index (κ2) is 4.78. The Bertz CT molecular complexity index is 663. The van der Waals surface area contributed by atoms with Gasteiger partial charge in [-0.05, 0) is 32.0 Å². The van der Waals surface area contributed by atoms with E-state index in [1.165, 1.54) is 0 Å². The van der Waals surface area contributed by atoms with Gasteiger partial charge in [-0.25, -0.2) is 4.79 Å². The standard InChI is InChI=1S/C16H19NO3/c1-9-8-12(10(2)20-9)13-7-6-11(15(18)19)14(17-13)16(3,4)5/h6-8H,1-5H3,(H,18,19). The molecule has 0 aliphatic rings. The minimum atomic E-state index is -0.950. The minimum Gasteiger partial charge on any atom is -0.478 e. The topological polar surface area (TPSA) is 63.3 Å². The van der Waals surface area contributed by atoms with E-state index in [4.69, 9.17) is 4.42 Å². The molecule has 4 nitrogen and oxygen atoms in total. The van der Waals surface area contributed by atoms with Crippen LogP contribution in [0.25, 0.3) is 11.3 Å². The quantitative estimate of drug-likeness (QED) is 0.899. The van der Waals surface area contributed by atoms with Crippen molar-refractivity contribution in [3.63, 3.8) is 0 Å². The zero-order valence-electron chi connectivity index (χ0n) is 12.4. The summed E-state index contributed by atoms with van der Waals surface area (Å²) < 4.78 is 5.52. The van der Waals surface area contributed by atoms with Gasteiger partial charge in [0.15, 0.2) is 0 Å². The number of pyridine rings is 1. The SMILES string of the molecule is Cc1cc(-c2ccc(C(=O)O)c(C(C)(C)C)n2)c(C)o1. The van der Waals surface area contributed by atoms with Crippen LogP contribution in [0.5, 0.6) is 0 Å². The van der Waals surface area contributed by atoms with Crippen LogP contribution in [0.1, 0.15) is 48.3 Å². The molecule has 1 N–H and O–H groups in total. The van der Waals surface area contributed by atoms with Crippen LogP contribution in [0.15, 0.2) is 22.6 Å². The Morgan fingerprint density at radius 3 is 2.35 bits per heavy atom. The summed E-state index contributed by atoms with van der Waals surface area (Å²) in [7, 11) is 0. The largest absolute Gasteiger partial charge is 0.478 e. The van der Waals surface area contributed by atoms with Gasteiger partial charge < -0.3 is 9.52 Å². The van der Waals surface area contributed by atoms with E-state index in [1.54, 1.807) is 12.1 Å². The maximum absolute atomic E-state index is 11.3. The second-order valence-electron chi connectivity index (χ2n) is 5.97. The van der Waals surface area contributed by atoms with Crippen molar-refractivity contribution in [2.75, 3.05) is 0 Å². The molecule has 0 aromatic carbocycles. The lowest BCUT2D eigenvalue weighted by atomic mass is 9.88. The summed E-state index contributed by atoms with van der Waals surface area (Å²) in [5, 5.41) is 9.29. The van der Waals surface area contributed by atoms with Crippen LogP contribution >= 0.6 is 0 Å². The molecule has 2 heterocycles. The fraction of sp³-hybridized carbons (Fsp3) is 0.375. The fourth-order valence-corrected chi connectivity index (χ4v) is 2.24. The Kier molecular flexibility index (Phi) is 3.42. The lowest BCUT2D eigenvalue weighted by Crippen LogP contribution is -2.19. The van der Waals surface area contributed by atoms with Crippen molar-refractivity contribution in [3.05, 3.63) is 41.0 Å². The van der Waals surface area contributed by atoms with Gasteiger partial charge in [0.1, 0.15) is 11.5 Å². The molecule has 4 heteroatoms. The average Bonchev–Trinajstić information content (AvgIpc) is 2.66. The van der Waals surface area contributed by atoms with Crippen molar-refractivity contribution >= 4 is 5.97 Å². The number of hydrogen-bond acceptors (Lipinski definition) is 3. The molecule has 0 amide bonds. The monoisotopic (exact) mass is 273 g/mol. The van der Waals surface area contributed by atoms with Crippen molar-refractivity contribution in [1.29, 1.82) is 0 Å². The maximum atomic E-state index is 11.3. The predicted octanol–water partition coefficient (Wildman–Crippen LogP) is 3.95. The Morgan fingerprint density at radius 2 is 1.90 bits per heavy atom. The van der Waals surface area contributed by atoms with Crippen molar-refractivity contribution in [2.45, 2.75) is 40.0 Å². The Morgan fingerprint density at radius 1 is 1.25 bits per heavy atom. The summed E-state index contributed by atoms with van der Waals surface area (Å²) in [6, 6.07) is 5.27. The highest BCUT2D eigenvalue weighted by atomic mass is 16.4. The summed E-state index contributed by atoms with van der Waals surface area (Å²) in [6.45, 7) is 9.63. The molecule has 0 saturated carbocycles. The molecule has 0 fully saturated rings. The molecule has 106 valence electrons. The van der Waals surface area contributed by atoms with Crippen LogP contribution in [0.2, 0.25) is 0 Å². The van der Waals surface area contributed by atoms with Gasteiger partial charge in [-0.1, -0.05) is 20.8 Å². The Hall–Kier alpha value is -2.10. The number of aromatic nitrogens is 1. The van der Waals surface area contributed by atoms with Crippen LogP contribution in [0.3, 0.4) is 0 Å². The number of aromatic carboxylic acids is 1. The summed E-state index contributed by atoms with van der Waals surface area (Å²) >= 11 is 0. The molecular formula is C16H19NO3. The number of carboxylic acids is 1. The van der Waals surface area contributed by atoms with Crippen LogP contribution in [0, 0.1) is 13.8 Å². The number of furan rings is 1. The molecule has 0 aliphatic heterocycles. The first-order valence-electron chi connectivity index (χ1n) is 6.52. The number of aryl methyl sites for hydroxylation is 2. The lowest BCUT2D eigenvalue weighted by Gasteiger charge is -2.20. The molecule has 0 saturated heterocycles. The number of nitrogens with zero attached hydrogens (tertiary/aromatic N) is 1. The van der Waals surface area contributed by atoms with Gasteiger partial charge in [0.05, 0.1) is 17.0 Å². The first-order chi connectivity index (χ1) is 9.20. The summed E-state index contributed by atoms with van der Waals surface area (Å²) in [6.07, 6.45) is 0. The van der Waals surface area contributed by atoms with E-state index in [0.717, 1.165) is 22.8 Å². The zero-order valence-corrected chi connectivity index (χ0v) is 12.4. The van der Waals surface area contributed by atoms with E-state index in [9.17, 15) is 9.90 Å². The highest BCUT2D eigenvalue weighted by molar-refractivity contribution is 5.89. The van der Waals surface area contributed by atoms with Gasteiger partial charge in [0.2, 0.25) is 0 Å². The molecule has 2 aromatic rings. The molecule has 0 atom stereocenters.